The number of furan rings is 1. The first-order valence-electron chi connectivity index (χ1n) is 8.93. The lowest BCUT2D eigenvalue weighted by atomic mass is 9.86. The highest BCUT2D eigenvalue weighted by Crippen LogP contribution is 2.33. The second-order valence-electron chi connectivity index (χ2n) is 6.57. The minimum atomic E-state index is -1.03. The molecule has 0 aliphatic heterocycles. The van der Waals surface area contributed by atoms with Crippen LogP contribution < -0.4 is 6.15 Å². The van der Waals surface area contributed by atoms with Gasteiger partial charge in [0, 0.05) is 0 Å². The van der Waals surface area contributed by atoms with Crippen molar-refractivity contribution < 1.29 is 14.3 Å². The van der Waals surface area contributed by atoms with Crippen LogP contribution in [0.4, 0.5) is 0 Å². The van der Waals surface area contributed by atoms with Gasteiger partial charge >= 0.3 is 5.97 Å². The van der Waals surface area contributed by atoms with Crippen molar-refractivity contribution in [3.05, 3.63) is 83.8 Å². The minimum Gasteiger partial charge on any atom is -0.475 e. The van der Waals surface area contributed by atoms with Gasteiger partial charge in [-0.2, -0.15) is 0 Å². The Kier molecular flexibility index (Phi) is 5.57. The standard InChI is InChI=1S/C18H16.C5H4O3.H3N/c1-3-7-15-13(5-1)9-11-18-16-8-4-2-6-14(16)10-12-17(15)18;6-5(7)4-2-1-3-8-4;/h1,3,5,7,9-12H,2,4,6,8H2;1-3H,(H,6,7);1H3. The van der Waals surface area contributed by atoms with Crippen molar-refractivity contribution in [3.63, 3.8) is 0 Å². The van der Waals surface area contributed by atoms with E-state index in [0.717, 1.165) is 0 Å². The van der Waals surface area contributed by atoms with Crippen molar-refractivity contribution in [2.75, 3.05) is 0 Å². The number of aromatic carboxylic acids is 1. The van der Waals surface area contributed by atoms with Crippen LogP contribution in [0.3, 0.4) is 0 Å². The fourth-order valence-corrected chi connectivity index (χ4v) is 3.74. The Hall–Kier alpha value is -3.11. The van der Waals surface area contributed by atoms with Gasteiger partial charge in [0.2, 0.25) is 5.76 Å². The van der Waals surface area contributed by atoms with Crippen molar-refractivity contribution in [2.45, 2.75) is 25.7 Å². The molecule has 3 aromatic carbocycles. The summed E-state index contributed by atoms with van der Waals surface area (Å²) in [5, 5.41) is 13.8. The van der Waals surface area contributed by atoms with E-state index in [1.54, 1.807) is 11.1 Å². The molecule has 0 saturated heterocycles. The van der Waals surface area contributed by atoms with Gasteiger partial charge < -0.3 is 15.7 Å². The molecule has 0 radical (unpaired) electrons. The number of benzene rings is 3. The summed E-state index contributed by atoms with van der Waals surface area (Å²) in [5.41, 5.74) is 3.17. The third-order valence-electron chi connectivity index (χ3n) is 4.99. The van der Waals surface area contributed by atoms with Crippen LogP contribution in [0.2, 0.25) is 0 Å². The molecule has 0 amide bonds. The number of hydrogen-bond donors (Lipinski definition) is 2. The Labute approximate surface area is 158 Å². The number of hydrogen-bond acceptors (Lipinski definition) is 3. The SMILES string of the molecule is N.O=C(O)c1ccco1.c1ccc2c(c1)ccc1c3c(ccc12)CCCC3. The quantitative estimate of drug-likeness (QED) is 0.406. The molecule has 1 aliphatic rings. The smallest absolute Gasteiger partial charge is 0.371 e. The highest BCUT2D eigenvalue weighted by atomic mass is 16.4. The van der Waals surface area contributed by atoms with Gasteiger partial charge in [0.15, 0.2) is 0 Å². The van der Waals surface area contributed by atoms with Crippen LogP contribution in [0, 0.1) is 0 Å². The van der Waals surface area contributed by atoms with Crippen molar-refractivity contribution in [1.29, 1.82) is 0 Å². The molecule has 0 bridgehead atoms. The summed E-state index contributed by atoms with van der Waals surface area (Å²) in [6.07, 6.45) is 6.54. The average molecular weight is 361 g/mol. The van der Waals surface area contributed by atoms with Gasteiger partial charge in [0.1, 0.15) is 0 Å². The summed E-state index contributed by atoms with van der Waals surface area (Å²) in [6, 6.07) is 20.9. The van der Waals surface area contributed by atoms with Gasteiger partial charge in [-0.3, -0.25) is 0 Å². The predicted molar refractivity (Wildman–Crippen MR) is 109 cm³/mol. The summed E-state index contributed by atoms with van der Waals surface area (Å²) >= 11 is 0. The second kappa shape index (κ2) is 8.06. The summed E-state index contributed by atoms with van der Waals surface area (Å²) in [7, 11) is 0. The van der Waals surface area contributed by atoms with E-state index in [4.69, 9.17) is 5.11 Å². The molecular formula is C23H23NO3. The maximum absolute atomic E-state index is 9.97. The molecule has 0 fully saturated rings. The second-order valence-corrected chi connectivity index (χ2v) is 6.57. The fraction of sp³-hybridized carbons (Fsp3) is 0.174. The fourth-order valence-electron chi connectivity index (χ4n) is 3.74. The normalized spacial score (nSPS) is 12.6. The van der Waals surface area contributed by atoms with Crippen LogP contribution in [0.5, 0.6) is 0 Å². The van der Waals surface area contributed by atoms with Gasteiger partial charge in [0.25, 0.3) is 0 Å². The Morgan fingerprint density at radius 1 is 0.815 bits per heavy atom. The number of carbonyl (C=O) groups is 1. The van der Waals surface area contributed by atoms with Gasteiger partial charge in [-0.05, 0) is 70.5 Å². The first kappa shape index (κ1) is 18.7. The number of carboxylic acid groups (broad SMARTS) is 1. The van der Waals surface area contributed by atoms with Crippen molar-refractivity contribution in [3.8, 4) is 0 Å². The van der Waals surface area contributed by atoms with E-state index in [0.29, 0.717) is 0 Å². The molecule has 1 heterocycles. The van der Waals surface area contributed by atoms with Gasteiger partial charge in [-0.15, -0.1) is 0 Å². The number of fused-ring (bicyclic) bond motifs is 5. The topological polar surface area (TPSA) is 85.4 Å². The largest absolute Gasteiger partial charge is 0.475 e. The molecule has 4 heteroatoms. The van der Waals surface area contributed by atoms with E-state index >= 15 is 0 Å². The summed E-state index contributed by atoms with van der Waals surface area (Å²) in [6.45, 7) is 0. The van der Waals surface area contributed by atoms with Crippen molar-refractivity contribution in [1.82, 2.24) is 6.15 Å². The molecule has 0 unspecified atom stereocenters. The van der Waals surface area contributed by atoms with E-state index in [-0.39, 0.29) is 11.9 Å². The number of rotatable bonds is 1. The molecular weight excluding hydrogens is 338 g/mol. The average Bonchev–Trinajstić information content (AvgIpc) is 3.23. The lowest BCUT2D eigenvalue weighted by molar-refractivity contribution is 0.0662. The van der Waals surface area contributed by atoms with Crippen LogP contribution >= 0.6 is 0 Å². The summed E-state index contributed by atoms with van der Waals surface area (Å²) in [5.74, 6) is -1.06. The zero-order valence-electron chi connectivity index (χ0n) is 15.2. The van der Waals surface area contributed by atoms with E-state index < -0.39 is 5.97 Å². The predicted octanol–water partition coefficient (Wildman–Crippen LogP) is 6.01. The zero-order valence-corrected chi connectivity index (χ0v) is 15.2. The lowest BCUT2D eigenvalue weighted by Crippen LogP contribution is -2.02. The van der Waals surface area contributed by atoms with Crippen LogP contribution in [0.15, 0.2) is 71.3 Å². The molecule has 1 aliphatic carbocycles. The van der Waals surface area contributed by atoms with Gasteiger partial charge in [-0.25, -0.2) is 4.79 Å². The summed E-state index contributed by atoms with van der Waals surface area (Å²) < 4.78 is 4.50. The maximum Gasteiger partial charge on any atom is 0.371 e. The molecule has 5 rings (SSSR count). The lowest BCUT2D eigenvalue weighted by Gasteiger charge is -2.18. The minimum absolute atomic E-state index is 0. The van der Waals surface area contributed by atoms with Gasteiger partial charge in [-0.1, -0.05) is 48.5 Å². The molecule has 4 N–H and O–H groups in total. The molecule has 0 atom stereocenters. The van der Waals surface area contributed by atoms with Crippen LogP contribution in [0.25, 0.3) is 21.5 Å². The third-order valence-corrected chi connectivity index (χ3v) is 4.99. The Morgan fingerprint density at radius 2 is 1.59 bits per heavy atom. The Bertz CT molecular complexity index is 1070. The molecule has 0 spiro atoms. The van der Waals surface area contributed by atoms with Crippen molar-refractivity contribution >= 4 is 27.5 Å². The van der Waals surface area contributed by atoms with Crippen LogP contribution in [-0.4, -0.2) is 11.1 Å². The summed E-state index contributed by atoms with van der Waals surface area (Å²) in [4.78, 5) is 9.97. The maximum atomic E-state index is 9.97. The first-order valence-corrected chi connectivity index (χ1v) is 8.93. The van der Waals surface area contributed by atoms with Gasteiger partial charge in [0.05, 0.1) is 6.26 Å². The number of aryl methyl sites for hydroxylation is 2. The van der Waals surface area contributed by atoms with E-state index in [2.05, 4.69) is 52.9 Å². The molecule has 138 valence electrons. The van der Waals surface area contributed by atoms with E-state index in [1.165, 1.54) is 65.6 Å². The van der Waals surface area contributed by atoms with E-state index in [1.807, 2.05) is 0 Å². The van der Waals surface area contributed by atoms with Crippen molar-refractivity contribution in [2.24, 2.45) is 0 Å². The molecule has 27 heavy (non-hydrogen) atoms. The third kappa shape index (κ3) is 3.71. The highest BCUT2D eigenvalue weighted by Gasteiger charge is 2.13. The zero-order chi connectivity index (χ0) is 17.9. The van der Waals surface area contributed by atoms with Crippen LogP contribution in [0.1, 0.15) is 34.5 Å². The first-order chi connectivity index (χ1) is 12.7. The molecule has 1 aromatic heterocycles. The molecule has 0 saturated carbocycles. The monoisotopic (exact) mass is 361 g/mol. The Morgan fingerprint density at radius 3 is 2.33 bits per heavy atom. The number of carboxylic acids is 1. The highest BCUT2D eigenvalue weighted by molar-refractivity contribution is 6.08. The molecule has 4 aromatic rings. The Balaban J connectivity index is 0.000000200. The van der Waals surface area contributed by atoms with Crippen LogP contribution in [-0.2, 0) is 12.8 Å². The van der Waals surface area contributed by atoms with E-state index in [9.17, 15) is 4.79 Å². The molecule has 4 nitrogen and oxygen atoms in total.